The first kappa shape index (κ1) is 25.3. The van der Waals surface area contributed by atoms with Gasteiger partial charge >= 0.3 is 0 Å². The summed E-state index contributed by atoms with van der Waals surface area (Å²) in [5, 5.41) is 6.36. The maximum Gasteiger partial charge on any atom is 0.240 e. The molecule has 0 aromatic heterocycles. The molecule has 0 bridgehead atoms. The first-order valence-electron chi connectivity index (χ1n) is 9.30. The predicted molar refractivity (Wildman–Crippen MR) is 125 cm³/mol. The van der Waals surface area contributed by atoms with Crippen molar-refractivity contribution in [2.75, 3.05) is 13.1 Å². The first-order valence-corrected chi connectivity index (χ1v) is 10.8. The SMILES string of the molecule is CCCNC(=NCc1cccc(S(=O)(=O)NCc2cccc(F)c2)c1)NCC.I. The summed E-state index contributed by atoms with van der Waals surface area (Å²) in [7, 11) is -3.71. The lowest BCUT2D eigenvalue weighted by atomic mass is 10.2. The second kappa shape index (κ2) is 12.8. The standard InChI is InChI=1S/C20H27FN4O2S.HI/c1-3-11-23-20(22-4-2)24-14-17-8-6-10-19(13-17)28(26,27)25-15-16-7-5-9-18(21)12-16;/h5-10,12-13,25H,3-4,11,14-15H2,1-2H3,(H2,22,23,24);1H. The van der Waals surface area contributed by atoms with Crippen molar-refractivity contribution in [3.63, 3.8) is 0 Å². The predicted octanol–water partition coefficient (Wildman–Crippen LogP) is 3.39. The molecule has 9 heteroatoms. The number of benzene rings is 2. The average Bonchev–Trinajstić information content (AvgIpc) is 2.69. The Labute approximate surface area is 189 Å². The number of nitrogens with zero attached hydrogens (tertiary/aromatic N) is 1. The second-order valence-electron chi connectivity index (χ2n) is 6.22. The number of nitrogens with one attached hydrogen (secondary N) is 3. The molecular weight excluding hydrogens is 506 g/mol. The van der Waals surface area contributed by atoms with Crippen molar-refractivity contribution in [2.24, 2.45) is 4.99 Å². The fraction of sp³-hybridized carbons (Fsp3) is 0.350. The van der Waals surface area contributed by atoms with Gasteiger partial charge in [0.05, 0.1) is 11.4 Å². The van der Waals surface area contributed by atoms with Crippen molar-refractivity contribution in [1.29, 1.82) is 0 Å². The summed E-state index contributed by atoms with van der Waals surface area (Å²) >= 11 is 0. The number of aliphatic imine (C=N–C) groups is 1. The molecule has 0 atom stereocenters. The molecule has 0 saturated heterocycles. The van der Waals surface area contributed by atoms with Gasteiger partial charge in [0.25, 0.3) is 0 Å². The summed E-state index contributed by atoms with van der Waals surface area (Å²) in [6.45, 7) is 5.99. The fourth-order valence-corrected chi connectivity index (χ4v) is 3.56. The molecule has 0 aliphatic rings. The van der Waals surface area contributed by atoms with Crippen molar-refractivity contribution >= 4 is 40.0 Å². The second-order valence-corrected chi connectivity index (χ2v) is 7.99. The lowest BCUT2D eigenvalue weighted by Gasteiger charge is -2.11. The van der Waals surface area contributed by atoms with Crippen LogP contribution in [0.1, 0.15) is 31.4 Å². The van der Waals surface area contributed by atoms with Crippen LogP contribution in [-0.4, -0.2) is 27.5 Å². The van der Waals surface area contributed by atoms with Crippen LogP contribution in [0.3, 0.4) is 0 Å². The van der Waals surface area contributed by atoms with Crippen LogP contribution in [0.2, 0.25) is 0 Å². The number of rotatable bonds is 9. The van der Waals surface area contributed by atoms with Gasteiger partial charge in [-0.15, -0.1) is 24.0 Å². The summed E-state index contributed by atoms with van der Waals surface area (Å²) < 4.78 is 40.9. The van der Waals surface area contributed by atoms with Gasteiger partial charge in [-0.3, -0.25) is 0 Å². The van der Waals surface area contributed by atoms with Gasteiger partial charge in [0, 0.05) is 19.6 Å². The molecule has 2 aromatic rings. The van der Waals surface area contributed by atoms with Gasteiger partial charge in [-0.2, -0.15) is 0 Å². The molecule has 2 rings (SSSR count). The molecule has 6 nitrogen and oxygen atoms in total. The van der Waals surface area contributed by atoms with E-state index < -0.39 is 15.8 Å². The van der Waals surface area contributed by atoms with E-state index in [0.717, 1.165) is 25.1 Å². The highest BCUT2D eigenvalue weighted by Crippen LogP contribution is 2.13. The van der Waals surface area contributed by atoms with Crippen LogP contribution in [0.4, 0.5) is 4.39 Å². The van der Waals surface area contributed by atoms with E-state index in [-0.39, 0.29) is 35.4 Å². The fourth-order valence-electron chi connectivity index (χ4n) is 2.48. The van der Waals surface area contributed by atoms with Crippen LogP contribution in [0.25, 0.3) is 0 Å². The van der Waals surface area contributed by atoms with Gasteiger partial charge in [-0.05, 0) is 48.7 Å². The number of hydrogen-bond donors (Lipinski definition) is 3. The van der Waals surface area contributed by atoms with Gasteiger partial charge in [0.15, 0.2) is 5.96 Å². The molecule has 0 fully saturated rings. The van der Waals surface area contributed by atoms with E-state index in [2.05, 4.69) is 27.3 Å². The third-order valence-electron chi connectivity index (χ3n) is 3.87. The Morgan fingerprint density at radius 3 is 2.45 bits per heavy atom. The lowest BCUT2D eigenvalue weighted by molar-refractivity contribution is 0.580. The number of hydrogen-bond acceptors (Lipinski definition) is 3. The highest BCUT2D eigenvalue weighted by Gasteiger charge is 2.14. The maximum atomic E-state index is 13.2. The molecule has 0 aliphatic carbocycles. The van der Waals surface area contributed by atoms with Crippen molar-refractivity contribution < 1.29 is 12.8 Å². The molecule has 29 heavy (non-hydrogen) atoms. The Morgan fingerprint density at radius 2 is 1.76 bits per heavy atom. The zero-order valence-corrected chi connectivity index (χ0v) is 19.8. The van der Waals surface area contributed by atoms with Crippen LogP contribution in [0.5, 0.6) is 0 Å². The summed E-state index contributed by atoms with van der Waals surface area (Å²) in [5.41, 5.74) is 1.34. The molecule has 0 spiro atoms. The third kappa shape index (κ3) is 8.67. The summed E-state index contributed by atoms with van der Waals surface area (Å²) in [4.78, 5) is 4.64. The number of sulfonamides is 1. The van der Waals surface area contributed by atoms with Crippen LogP contribution >= 0.6 is 24.0 Å². The van der Waals surface area contributed by atoms with Gasteiger partial charge in [0.2, 0.25) is 10.0 Å². The van der Waals surface area contributed by atoms with E-state index in [0.29, 0.717) is 18.1 Å². The highest BCUT2D eigenvalue weighted by molar-refractivity contribution is 14.0. The van der Waals surface area contributed by atoms with Gasteiger partial charge in [-0.1, -0.05) is 31.2 Å². The molecule has 0 unspecified atom stereocenters. The molecule has 0 amide bonds. The van der Waals surface area contributed by atoms with E-state index in [1.807, 2.05) is 13.0 Å². The molecule has 0 aliphatic heterocycles. The Bertz CT molecular complexity index is 907. The van der Waals surface area contributed by atoms with Crippen LogP contribution in [-0.2, 0) is 23.1 Å². The largest absolute Gasteiger partial charge is 0.357 e. The first-order chi connectivity index (χ1) is 13.4. The average molecular weight is 534 g/mol. The number of guanidine groups is 1. The summed E-state index contributed by atoms with van der Waals surface area (Å²) in [6.07, 6.45) is 0.981. The van der Waals surface area contributed by atoms with Crippen LogP contribution in [0.15, 0.2) is 58.4 Å². The summed E-state index contributed by atoms with van der Waals surface area (Å²) in [5.74, 6) is 0.298. The Morgan fingerprint density at radius 1 is 1.03 bits per heavy atom. The van der Waals surface area contributed by atoms with E-state index in [9.17, 15) is 12.8 Å². The molecule has 2 aromatic carbocycles. The van der Waals surface area contributed by atoms with Crippen LogP contribution in [0, 0.1) is 5.82 Å². The van der Waals surface area contributed by atoms with Crippen LogP contribution < -0.4 is 15.4 Å². The molecule has 3 N–H and O–H groups in total. The minimum Gasteiger partial charge on any atom is -0.357 e. The Kier molecular flexibility index (Phi) is 11.1. The Balaban J connectivity index is 0.00000420. The minimum atomic E-state index is -3.71. The molecule has 0 saturated carbocycles. The van der Waals surface area contributed by atoms with E-state index in [1.54, 1.807) is 24.3 Å². The molecule has 0 radical (unpaired) electrons. The van der Waals surface area contributed by atoms with Gasteiger partial charge in [-0.25, -0.2) is 22.5 Å². The quantitative estimate of drug-likeness (QED) is 0.262. The van der Waals surface area contributed by atoms with E-state index in [4.69, 9.17) is 0 Å². The van der Waals surface area contributed by atoms with Crippen molar-refractivity contribution in [3.8, 4) is 0 Å². The lowest BCUT2D eigenvalue weighted by Crippen LogP contribution is -2.37. The van der Waals surface area contributed by atoms with Crippen molar-refractivity contribution in [3.05, 3.63) is 65.5 Å². The molecule has 160 valence electrons. The van der Waals surface area contributed by atoms with Gasteiger partial charge < -0.3 is 10.6 Å². The zero-order valence-electron chi connectivity index (χ0n) is 16.6. The smallest absolute Gasteiger partial charge is 0.240 e. The Hall–Kier alpha value is -1.72. The van der Waals surface area contributed by atoms with E-state index in [1.165, 1.54) is 18.2 Å². The van der Waals surface area contributed by atoms with Gasteiger partial charge in [0.1, 0.15) is 5.82 Å². The minimum absolute atomic E-state index is 0. The summed E-state index contributed by atoms with van der Waals surface area (Å²) in [6, 6.07) is 12.5. The molecular formula is C20H28FIN4O2S. The third-order valence-corrected chi connectivity index (χ3v) is 5.27. The monoisotopic (exact) mass is 534 g/mol. The number of halogens is 2. The highest BCUT2D eigenvalue weighted by atomic mass is 127. The topological polar surface area (TPSA) is 82.6 Å². The van der Waals surface area contributed by atoms with Crippen molar-refractivity contribution in [2.45, 2.75) is 38.3 Å². The zero-order chi connectivity index (χ0) is 20.4. The van der Waals surface area contributed by atoms with Crippen molar-refractivity contribution in [1.82, 2.24) is 15.4 Å². The normalized spacial score (nSPS) is 11.6. The van der Waals surface area contributed by atoms with E-state index >= 15 is 0 Å². The maximum absolute atomic E-state index is 13.2. The molecule has 0 heterocycles.